The fourth-order valence-electron chi connectivity index (χ4n) is 4.95. The summed E-state index contributed by atoms with van der Waals surface area (Å²) in [6.07, 6.45) is -0.0623. The highest BCUT2D eigenvalue weighted by atomic mass is 16.6. The van der Waals surface area contributed by atoms with Gasteiger partial charge in [-0.1, -0.05) is 78.9 Å². The molecule has 2 N–H and O–H groups in total. The summed E-state index contributed by atoms with van der Waals surface area (Å²) in [5.74, 6) is -1.22. The first kappa shape index (κ1) is 31.3. The minimum absolute atomic E-state index is 0.0912. The molecular formula is C34H38N2O7. The molecule has 1 aliphatic rings. The second-order valence-corrected chi connectivity index (χ2v) is 11.3. The molecule has 9 heteroatoms. The lowest BCUT2D eigenvalue weighted by Gasteiger charge is -2.20. The minimum Gasteiger partial charge on any atom is -0.456 e. The number of esters is 1. The Balaban J connectivity index is 1.34. The van der Waals surface area contributed by atoms with Crippen molar-refractivity contribution in [3.05, 3.63) is 95.6 Å². The number of nitrogens with one attached hydrogen (secondary N) is 2. The molecule has 1 atom stereocenters. The SMILES string of the molecule is CC(C)(C)OC(=O)NCCCC[C@H](NC(=O)OCC1c2ccccc2-c2ccccc21)C(=O)OCC(=O)c1ccccc1. The number of fused-ring (bicyclic) bond motifs is 3. The van der Waals surface area contributed by atoms with Crippen LogP contribution in [0.5, 0.6) is 0 Å². The van der Waals surface area contributed by atoms with Crippen molar-refractivity contribution in [1.29, 1.82) is 0 Å². The van der Waals surface area contributed by atoms with Crippen LogP contribution in [0.3, 0.4) is 0 Å². The molecule has 0 unspecified atom stereocenters. The van der Waals surface area contributed by atoms with Gasteiger partial charge < -0.3 is 24.8 Å². The number of unbranched alkanes of at least 4 members (excludes halogenated alkanes) is 1. The van der Waals surface area contributed by atoms with Crippen LogP contribution >= 0.6 is 0 Å². The van der Waals surface area contributed by atoms with E-state index in [1.165, 1.54) is 0 Å². The number of hydrogen-bond donors (Lipinski definition) is 2. The predicted molar refractivity (Wildman–Crippen MR) is 162 cm³/mol. The van der Waals surface area contributed by atoms with Gasteiger partial charge in [0.15, 0.2) is 12.4 Å². The summed E-state index contributed by atoms with van der Waals surface area (Å²) in [6, 6.07) is 23.5. The van der Waals surface area contributed by atoms with Crippen LogP contribution in [-0.2, 0) is 19.0 Å². The molecule has 0 saturated heterocycles. The summed E-state index contributed by atoms with van der Waals surface area (Å²) in [4.78, 5) is 50.3. The number of carbonyl (C=O) groups is 4. The third-order valence-corrected chi connectivity index (χ3v) is 6.95. The number of carbonyl (C=O) groups excluding carboxylic acids is 4. The topological polar surface area (TPSA) is 120 Å². The van der Waals surface area contributed by atoms with Gasteiger partial charge in [-0.25, -0.2) is 14.4 Å². The van der Waals surface area contributed by atoms with Crippen molar-refractivity contribution in [3.8, 4) is 11.1 Å². The quantitative estimate of drug-likeness (QED) is 0.115. The Labute approximate surface area is 251 Å². The van der Waals surface area contributed by atoms with E-state index in [-0.39, 0.29) is 24.7 Å². The first-order valence-electron chi connectivity index (χ1n) is 14.5. The van der Waals surface area contributed by atoms with Crippen molar-refractivity contribution in [2.45, 2.75) is 57.6 Å². The molecule has 0 fully saturated rings. The molecule has 0 aromatic heterocycles. The van der Waals surface area contributed by atoms with Crippen molar-refractivity contribution < 1.29 is 33.4 Å². The number of benzene rings is 3. The van der Waals surface area contributed by atoms with Crippen LogP contribution in [0.4, 0.5) is 9.59 Å². The Morgan fingerprint density at radius 1 is 0.767 bits per heavy atom. The average Bonchev–Trinajstić information content (AvgIpc) is 3.31. The van der Waals surface area contributed by atoms with Crippen LogP contribution in [0.25, 0.3) is 11.1 Å². The molecule has 0 radical (unpaired) electrons. The molecule has 0 aliphatic heterocycles. The summed E-state index contributed by atoms with van der Waals surface area (Å²) in [7, 11) is 0. The molecule has 0 heterocycles. The molecule has 4 rings (SSSR count). The van der Waals surface area contributed by atoms with Crippen LogP contribution in [-0.4, -0.2) is 55.3 Å². The van der Waals surface area contributed by atoms with Gasteiger partial charge in [0, 0.05) is 18.0 Å². The lowest BCUT2D eigenvalue weighted by molar-refractivity contribution is -0.145. The fourth-order valence-corrected chi connectivity index (χ4v) is 4.95. The smallest absolute Gasteiger partial charge is 0.407 e. The predicted octanol–water partition coefficient (Wildman–Crippen LogP) is 6.01. The number of Topliss-reactive ketones (excluding diaryl/α,β-unsaturated/α-hetero) is 1. The molecule has 9 nitrogen and oxygen atoms in total. The maximum Gasteiger partial charge on any atom is 0.407 e. The summed E-state index contributed by atoms with van der Waals surface area (Å²) in [5, 5.41) is 5.30. The van der Waals surface area contributed by atoms with Gasteiger partial charge in [0.05, 0.1) is 0 Å². The third kappa shape index (κ3) is 8.91. The van der Waals surface area contributed by atoms with E-state index in [0.717, 1.165) is 22.3 Å². The number of ether oxygens (including phenoxy) is 3. The molecular weight excluding hydrogens is 548 g/mol. The zero-order chi connectivity index (χ0) is 30.8. The molecule has 3 aromatic rings. The molecule has 0 bridgehead atoms. The van der Waals surface area contributed by atoms with E-state index >= 15 is 0 Å². The summed E-state index contributed by atoms with van der Waals surface area (Å²) < 4.78 is 16.1. The molecule has 226 valence electrons. The van der Waals surface area contributed by atoms with E-state index in [0.29, 0.717) is 24.9 Å². The Morgan fingerprint density at radius 3 is 2.00 bits per heavy atom. The number of hydrogen-bond acceptors (Lipinski definition) is 7. The van der Waals surface area contributed by atoms with Crippen molar-refractivity contribution in [1.82, 2.24) is 10.6 Å². The molecule has 2 amide bonds. The highest BCUT2D eigenvalue weighted by molar-refractivity contribution is 5.98. The maximum atomic E-state index is 13.0. The number of ketones is 1. The van der Waals surface area contributed by atoms with Gasteiger partial charge in [0.25, 0.3) is 0 Å². The van der Waals surface area contributed by atoms with Gasteiger partial charge in [0.1, 0.15) is 18.2 Å². The number of amides is 2. The van der Waals surface area contributed by atoms with Crippen molar-refractivity contribution >= 4 is 23.9 Å². The van der Waals surface area contributed by atoms with Crippen LogP contribution in [0.2, 0.25) is 0 Å². The maximum absolute atomic E-state index is 13.0. The fraction of sp³-hybridized carbons (Fsp3) is 0.353. The second kappa shape index (κ2) is 14.5. The summed E-state index contributed by atoms with van der Waals surface area (Å²) >= 11 is 0. The molecule has 0 saturated carbocycles. The standard InChI is InChI=1S/C34H38N2O7/c1-34(2,3)43-32(39)35-20-12-11-19-29(31(38)41-22-30(37)23-13-5-4-6-14-23)36-33(40)42-21-28-26-17-9-7-15-24(26)25-16-8-10-18-27(25)28/h4-10,13-18,28-29H,11-12,19-22H2,1-3H3,(H,35,39)(H,36,40)/t29-/m0/s1. The molecule has 3 aromatic carbocycles. The molecule has 1 aliphatic carbocycles. The zero-order valence-corrected chi connectivity index (χ0v) is 24.8. The van der Waals surface area contributed by atoms with E-state index in [9.17, 15) is 19.2 Å². The van der Waals surface area contributed by atoms with E-state index < -0.39 is 36.4 Å². The highest BCUT2D eigenvalue weighted by Crippen LogP contribution is 2.44. The Morgan fingerprint density at radius 2 is 1.37 bits per heavy atom. The van der Waals surface area contributed by atoms with E-state index in [1.54, 1.807) is 51.1 Å². The number of alkyl carbamates (subject to hydrolysis) is 2. The number of rotatable bonds is 12. The monoisotopic (exact) mass is 586 g/mol. The highest BCUT2D eigenvalue weighted by Gasteiger charge is 2.30. The molecule has 43 heavy (non-hydrogen) atoms. The lowest BCUT2D eigenvalue weighted by atomic mass is 9.98. The van der Waals surface area contributed by atoms with Gasteiger partial charge >= 0.3 is 18.2 Å². The van der Waals surface area contributed by atoms with Crippen LogP contribution in [0, 0.1) is 0 Å². The summed E-state index contributed by atoms with van der Waals surface area (Å²) in [5.41, 5.74) is 4.18. The van der Waals surface area contributed by atoms with Crippen molar-refractivity contribution in [2.75, 3.05) is 19.8 Å². The van der Waals surface area contributed by atoms with Gasteiger partial charge in [-0.15, -0.1) is 0 Å². The van der Waals surface area contributed by atoms with Gasteiger partial charge in [-0.05, 0) is 62.3 Å². The van der Waals surface area contributed by atoms with Crippen LogP contribution in [0.15, 0.2) is 78.9 Å². The molecule has 0 spiro atoms. The van der Waals surface area contributed by atoms with E-state index in [2.05, 4.69) is 22.8 Å². The van der Waals surface area contributed by atoms with E-state index in [4.69, 9.17) is 14.2 Å². The van der Waals surface area contributed by atoms with Crippen molar-refractivity contribution in [2.24, 2.45) is 0 Å². The van der Waals surface area contributed by atoms with Gasteiger partial charge in [0.2, 0.25) is 0 Å². The largest absolute Gasteiger partial charge is 0.456 e. The minimum atomic E-state index is -1.04. The van der Waals surface area contributed by atoms with Crippen LogP contribution < -0.4 is 10.6 Å². The first-order chi connectivity index (χ1) is 20.6. The Kier molecular flexibility index (Phi) is 10.5. The zero-order valence-electron chi connectivity index (χ0n) is 24.8. The lowest BCUT2D eigenvalue weighted by Crippen LogP contribution is -2.43. The van der Waals surface area contributed by atoms with Crippen molar-refractivity contribution in [3.63, 3.8) is 0 Å². The van der Waals surface area contributed by atoms with E-state index in [1.807, 2.05) is 36.4 Å². The van der Waals surface area contributed by atoms with Gasteiger partial charge in [-0.3, -0.25) is 4.79 Å². The van der Waals surface area contributed by atoms with Crippen LogP contribution in [0.1, 0.15) is 67.4 Å². The summed E-state index contributed by atoms with van der Waals surface area (Å²) in [6.45, 7) is 5.30. The Hall–Kier alpha value is -4.66. The Bertz CT molecular complexity index is 1390. The third-order valence-electron chi connectivity index (χ3n) is 6.95. The van der Waals surface area contributed by atoms with Gasteiger partial charge in [-0.2, -0.15) is 0 Å². The second-order valence-electron chi connectivity index (χ2n) is 11.3. The average molecular weight is 587 g/mol. The first-order valence-corrected chi connectivity index (χ1v) is 14.5. The normalized spacial score (nSPS) is 12.8.